The Hall–Kier alpha value is -3.97. The Balaban J connectivity index is 1.36. The van der Waals surface area contributed by atoms with Crippen molar-refractivity contribution in [2.24, 2.45) is 5.10 Å². The molecule has 1 aliphatic heterocycles. The number of nitrogens with one attached hydrogen (secondary N) is 3. The molecule has 46 heavy (non-hydrogen) atoms. The van der Waals surface area contributed by atoms with Crippen molar-refractivity contribution in [1.82, 2.24) is 16.1 Å². The highest BCUT2D eigenvalue weighted by molar-refractivity contribution is 9.10. The average molecular weight is 755 g/mol. The van der Waals surface area contributed by atoms with Crippen LogP contribution in [0.1, 0.15) is 36.6 Å². The molecule has 3 aromatic carbocycles. The second-order valence-electron chi connectivity index (χ2n) is 9.62. The first-order valence-electron chi connectivity index (χ1n) is 13.6. The van der Waals surface area contributed by atoms with Gasteiger partial charge in [0, 0.05) is 21.3 Å². The molecule has 4 rings (SSSR count). The van der Waals surface area contributed by atoms with Gasteiger partial charge in [-0.05, 0) is 77.3 Å². The lowest BCUT2D eigenvalue weighted by Crippen LogP contribution is -2.45. The Morgan fingerprint density at radius 2 is 1.83 bits per heavy atom. The molecule has 0 unspecified atom stereocenters. The first kappa shape index (κ1) is 34.9. The van der Waals surface area contributed by atoms with E-state index >= 15 is 0 Å². The van der Waals surface area contributed by atoms with Gasteiger partial charge < -0.3 is 29.6 Å². The molecule has 3 aromatic rings. The molecule has 11 nitrogen and oxygen atoms in total. The van der Waals surface area contributed by atoms with Crippen molar-refractivity contribution in [3.63, 3.8) is 0 Å². The summed E-state index contributed by atoms with van der Waals surface area (Å²) >= 11 is 22.0. The molecule has 0 spiro atoms. The highest BCUT2D eigenvalue weighted by atomic mass is 79.9. The SMILES string of the molecule is CCOC(=O)C1=C(C)NC(=O)N[C@@H]1c1ccc(OCC(=O)N/N=C\c2cc(Cl)c(OCc3ccc(Cl)cc3Cl)c(Br)c2)c(OC)c1. The van der Waals surface area contributed by atoms with E-state index in [4.69, 9.17) is 53.8 Å². The third-order valence-electron chi connectivity index (χ3n) is 6.45. The van der Waals surface area contributed by atoms with Crippen LogP contribution in [-0.4, -0.2) is 44.4 Å². The maximum absolute atomic E-state index is 12.6. The third kappa shape index (κ3) is 8.85. The van der Waals surface area contributed by atoms with E-state index in [0.717, 1.165) is 5.56 Å². The maximum atomic E-state index is 12.6. The summed E-state index contributed by atoms with van der Waals surface area (Å²) in [6, 6.07) is 12.0. The van der Waals surface area contributed by atoms with E-state index in [9.17, 15) is 14.4 Å². The fourth-order valence-corrected chi connectivity index (χ4v) is 5.79. The number of halogens is 4. The number of methoxy groups -OCH3 is 1. The number of carbonyl (C=O) groups is 3. The molecule has 1 aliphatic rings. The lowest BCUT2D eigenvalue weighted by atomic mass is 9.95. The molecule has 1 heterocycles. The summed E-state index contributed by atoms with van der Waals surface area (Å²) < 4.78 is 22.7. The zero-order valence-electron chi connectivity index (χ0n) is 24.7. The van der Waals surface area contributed by atoms with E-state index in [1.54, 1.807) is 62.4 Å². The molecular weight excluding hydrogens is 727 g/mol. The van der Waals surface area contributed by atoms with Crippen LogP contribution in [0, 0.1) is 0 Å². The Morgan fingerprint density at radius 1 is 1.04 bits per heavy atom. The average Bonchev–Trinajstić information content (AvgIpc) is 3.00. The van der Waals surface area contributed by atoms with E-state index in [0.29, 0.717) is 42.1 Å². The van der Waals surface area contributed by atoms with Crippen LogP contribution in [0.3, 0.4) is 0 Å². The van der Waals surface area contributed by atoms with Gasteiger partial charge in [0.25, 0.3) is 5.91 Å². The molecule has 0 saturated carbocycles. The minimum Gasteiger partial charge on any atom is -0.493 e. The molecule has 0 fully saturated rings. The van der Waals surface area contributed by atoms with Crippen LogP contribution >= 0.6 is 50.7 Å². The molecule has 242 valence electrons. The number of hydrogen-bond acceptors (Lipinski definition) is 8. The summed E-state index contributed by atoms with van der Waals surface area (Å²) in [4.78, 5) is 37.2. The third-order valence-corrected chi connectivity index (χ3v) is 7.91. The van der Waals surface area contributed by atoms with Crippen LogP contribution in [0.2, 0.25) is 15.1 Å². The number of urea groups is 1. The summed E-state index contributed by atoms with van der Waals surface area (Å²) in [6.07, 6.45) is 1.41. The van der Waals surface area contributed by atoms with Crippen LogP contribution in [0.25, 0.3) is 0 Å². The topological polar surface area (TPSA) is 137 Å². The molecule has 1 atom stereocenters. The predicted octanol–water partition coefficient (Wildman–Crippen LogP) is 6.72. The lowest BCUT2D eigenvalue weighted by molar-refractivity contribution is -0.139. The summed E-state index contributed by atoms with van der Waals surface area (Å²) in [5.41, 5.74) is 4.90. The summed E-state index contributed by atoms with van der Waals surface area (Å²) in [6.45, 7) is 3.27. The molecule has 3 amide bonds. The van der Waals surface area contributed by atoms with E-state index in [-0.39, 0.29) is 36.9 Å². The number of esters is 1. The molecule has 0 aromatic heterocycles. The maximum Gasteiger partial charge on any atom is 0.338 e. The van der Waals surface area contributed by atoms with E-state index < -0.39 is 23.9 Å². The summed E-state index contributed by atoms with van der Waals surface area (Å²) in [5.74, 6) is -0.153. The molecule has 0 saturated heterocycles. The standard InChI is InChI=1S/C31H28BrCl3N4O7/c1-4-44-30(41)27-16(2)37-31(42)38-28(27)18-6-8-24(25(11-18)43-3)45-15-26(40)39-36-13-17-9-21(32)29(23(35)10-17)46-14-19-5-7-20(33)12-22(19)34/h5-13,28H,4,14-15H2,1-3H3,(H,39,40)(H2,37,38,42)/b36-13-/t28-/m1/s1. The number of amides is 3. The van der Waals surface area contributed by atoms with Crippen LogP contribution < -0.4 is 30.3 Å². The number of nitrogens with zero attached hydrogens (tertiary/aromatic N) is 1. The Morgan fingerprint density at radius 3 is 2.52 bits per heavy atom. The van der Waals surface area contributed by atoms with Crippen LogP contribution in [-0.2, 0) is 20.9 Å². The second-order valence-corrected chi connectivity index (χ2v) is 11.7. The Bertz CT molecular complexity index is 1690. The van der Waals surface area contributed by atoms with Crippen LogP contribution in [0.15, 0.2) is 69.4 Å². The van der Waals surface area contributed by atoms with Crippen molar-refractivity contribution in [3.05, 3.63) is 96.0 Å². The smallest absolute Gasteiger partial charge is 0.338 e. The summed E-state index contributed by atoms with van der Waals surface area (Å²) in [5, 5.41) is 10.6. The largest absolute Gasteiger partial charge is 0.493 e. The van der Waals surface area contributed by atoms with Crippen molar-refractivity contribution in [2.75, 3.05) is 20.3 Å². The van der Waals surface area contributed by atoms with Crippen LogP contribution in [0.4, 0.5) is 4.79 Å². The first-order chi connectivity index (χ1) is 22.0. The van der Waals surface area contributed by atoms with Gasteiger partial charge in [0.1, 0.15) is 6.61 Å². The number of benzene rings is 3. The van der Waals surface area contributed by atoms with E-state index in [1.807, 2.05) is 0 Å². The van der Waals surface area contributed by atoms with Gasteiger partial charge in [-0.25, -0.2) is 15.0 Å². The molecule has 15 heteroatoms. The summed E-state index contributed by atoms with van der Waals surface area (Å²) in [7, 11) is 1.43. The number of hydrogen-bond donors (Lipinski definition) is 3. The zero-order chi connectivity index (χ0) is 33.4. The molecular formula is C31H28BrCl3N4O7. The molecule has 0 aliphatic carbocycles. The van der Waals surface area contributed by atoms with Gasteiger partial charge >= 0.3 is 12.0 Å². The van der Waals surface area contributed by atoms with Gasteiger partial charge in [0.2, 0.25) is 0 Å². The van der Waals surface area contributed by atoms with Crippen molar-refractivity contribution in [3.8, 4) is 17.2 Å². The predicted molar refractivity (Wildman–Crippen MR) is 178 cm³/mol. The van der Waals surface area contributed by atoms with E-state index in [1.165, 1.54) is 13.3 Å². The molecule has 0 bridgehead atoms. The Kier molecular flexibility index (Phi) is 12.2. The quantitative estimate of drug-likeness (QED) is 0.106. The van der Waals surface area contributed by atoms with Crippen molar-refractivity contribution < 1.29 is 33.3 Å². The van der Waals surface area contributed by atoms with Crippen molar-refractivity contribution in [2.45, 2.75) is 26.5 Å². The monoisotopic (exact) mass is 752 g/mol. The van der Waals surface area contributed by atoms with Gasteiger partial charge in [-0.2, -0.15) is 5.10 Å². The highest BCUT2D eigenvalue weighted by Gasteiger charge is 2.32. The van der Waals surface area contributed by atoms with Crippen molar-refractivity contribution in [1.29, 1.82) is 0 Å². The number of hydrazone groups is 1. The number of carbonyl (C=O) groups excluding carboxylic acids is 3. The lowest BCUT2D eigenvalue weighted by Gasteiger charge is -2.28. The zero-order valence-corrected chi connectivity index (χ0v) is 28.6. The van der Waals surface area contributed by atoms with Crippen molar-refractivity contribution >= 4 is 74.9 Å². The fraction of sp³-hybridized carbons (Fsp3) is 0.226. The normalized spacial score (nSPS) is 14.4. The Labute approximate surface area is 288 Å². The fourth-order valence-electron chi connectivity index (χ4n) is 4.34. The minimum absolute atomic E-state index is 0.172. The van der Waals surface area contributed by atoms with Gasteiger partial charge in [-0.1, -0.05) is 46.9 Å². The number of rotatable bonds is 12. The van der Waals surface area contributed by atoms with Gasteiger partial charge in [0.05, 0.1) is 41.0 Å². The van der Waals surface area contributed by atoms with Gasteiger partial charge in [-0.15, -0.1) is 0 Å². The number of ether oxygens (including phenoxy) is 4. The number of allylic oxidation sites excluding steroid dienone is 1. The minimum atomic E-state index is -0.787. The van der Waals surface area contributed by atoms with E-state index in [2.05, 4.69) is 37.1 Å². The second kappa shape index (κ2) is 16.0. The van der Waals surface area contributed by atoms with Gasteiger partial charge in [-0.3, -0.25) is 4.79 Å². The van der Waals surface area contributed by atoms with Crippen LogP contribution in [0.5, 0.6) is 17.2 Å². The highest BCUT2D eigenvalue weighted by Crippen LogP contribution is 2.36. The first-order valence-corrected chi connectivity index (χ1v) is 15.6. The van der Waals surface area contributed by atoms with Gasteiger partial charge in [0.15, 0.2) is 23.9 Å². The molecule has 3 N–H and O–H groups in total. The molecule has 0 radical (unpaired) electrons.